The van der Waals surface area contributed by atoms with Gasteiger partial charge in [0.1, 0.15) is 5.78 Å². The van der Waals surface area contributed by atoms with Gasteiger partial charge in [-0.2, -0.15) is 0 Å². The highest BCUT2D eigenvalue weighted by Crippen LogP contribution is 2.29. The van der Waals surface area contributed by atoms with Crippen molar-refractivity contribution in [3.05, 3.63) is 35.9 Å². The van der Waals surface area contributed by atoms with Gasteiger partial charge in [0, 0.05) is 6.42 Å². The molecule has 1 aromatic rings. The standard InChI is InChI=1S/C13H18O/c1-4-12(14)13(3,5-2)11-9-7-6-8-10-11/h6-10H,4-5H2,1-3H3/t13-/m1/s1. The summed E-state index contributed by atoms with van der Waals surface area (Å²) >= 11 is 0. The van der Waals surface area contributed by atoms with Crippen molar-refractivity contribution in [1.82, 2.24) is 0 Å². The van der Waals surface area contributed by atoms with Crippen molar-refractivity contribution in [2.45, 2.75) is 39.0 Å². The lowest BCUT2D eigenvalue weighted by Gasteiger charge is -2.26. The summed E-state index contributed by atoms with van der Waals surface area (Å²) in [6, 6.07) is 10.0. The minimum absolute atomic E-state index is 0.296. The smallest absolute Gasteiger partial charge is 0.142 e. The number of benzene rings is 1. The number of hydrogen-bond acceptors (Lipinski definition) is 1. The Bertz CT molecular complexity index is 302. The predicted molar refractivity (Wildman–Crippen MR) is 59.4 cm³/mol. The summed E-state index contributed by atoms with van der Waals surface area (Å²) in [5, 5.41) is 0. The number of Topliss-reactive ketones (excluding diaryl/α,β-unsaturated/α-hetero) is 1. The second-order valence-electron chi connectivity index (χ2n) is 3.83. The van der Waals surface area contributed by atoms with Crippen LogP contribution < -0.4 is 0 Å². The molecule has 0 aromatic heterocycles. The number of hydrogen-bond donors (Lipinski definition) is 0. The second-order valence-corrected chi connectivity index (χ2v) is 3.83. The molecule has 0 bridgehead atoms. The van der Waals surface area contributed by atoms with E-state index in [9.17, 15) is 4.79 Å². The first kappa shape index (κ1) is 11.0. The molecule has 0 unspecified atom stereocenters. The zero-order valence-corrected chi connectivity index (χ0v) is 9.21. The van der Waals surface area contributed by atoms with E-state index >= 15 is 0 Å². The SMILES string of the molecule is CCC(=O)[C@](C)(CC)c1ccccc1. The lowest BCUT2D eigenvalue weighted by atomic mass is 9.75. The van der Waals surface area contributed by atoms with E-state index in [-0.39, 0.29) is 5.41 Å². The molecule has 0 saturated heterocycles. The molecule has 14 heavy (non-hydrogen) atoms. The lowest BCUT2D eigenvalue weighted by Crippen LogP contribution is -2.31. The molecule has 0 aliphatic carbocycles. The minimum atomic E-state index is -0.296. The Hall–Kier alpha value is -1.11. The summed E-state index contributed by atoms with van der Waals surface area (Å²) in [5.74, 6) is 0.325. The fourth-order valence-corrected chi connectivity index (χ4v) is 1.76. The van der Waals surface area contributed by atoms with E-state index in [4.69, 9.17) is 0 Å². The normalized spacial score (nSPS) is 14.8. The minimum Gasteiger partial charge on any atom is -0.299 e. The van der Waals surface area contributed by atoms with E-state index in [2.05, 4.69) is 6.92 Å². The number of carbonyl (C=O) groups is 1. The summed E-state index contributed by atoms with van der Waals surface area (Å²) in [5.41, 5.74) is 0.838. The molecule has 0 saturated carbocycles. The number of rotatable bonds is 4. The van der Waals surface area contributed by atoms with E-state index in [1.165, 1.54) is 0 Å². The molecule has 1 heteroatoms. The van der Waals surface area contributed by atoms with Crippen LogP contribution in [0.25, 0.3) is 0 Å². The van der Waals surface area contributed by atoms with Crippen molar-refractivity contribution in [2.24, 2.45) is 0 Å². The third-order valence-corrected chi connectivity index (χ3v) is 3.05. The third-order valence-electron chi connectivity index (χ3n) is 3.05. The van der Waals surface area contributed by atoms with Gasteiger partial charge in [-0.3, -0.25) is 4.79 Å². The summed E-state index contributed by atoms with van der Waals surface area (Å²) in [6.45, 7) is 6.04. The first-order chi connectivity index (χ1) is 6.65. The monoisotopic (exact) mass is 190 g/mol. The molecule has 76 valence electrons. The topological polar surface area (TPSA) is 17.1 Å². The average molecular weight is 190 g/mol. The number of carbonyl (C=O) groups excluding carboxylic acids is 1. The maximum Gasteiger partial charge on any atom is 0.142 e. The van der Waals surface area contributed by atoms with Crippen molar-refractivity contribution >= 4 is 5.78 Å². The van der Waals surface area contributed by atoms with Gasteiger partial charge in [0.05, 0.1) is 5.41 Å². The van der Waals surface area contributed by atoms with Gasteiger partial charge in [0.2, 0.25) is 0 Å². The molecule has 1 rings (SSSR count). The van der Waals surface area contributed by atoms with Crippen LogP contribution in [0.15, 0.2) is 30.3 Å². The van der Waals surface area contributed by atoms with Gasteiger partial charge in [-0.15, -0.1) is 0 Å². The quantitative estimate of drug-likeness (QED) is 0.711. The van der Waals surface area contributed by atoms with E-state index in [0.717, 1.165) is 12.0 Å². The van der Waals surface area contributed by atoms with Crippen molar-refractivity contribution < 1.29 is 4.79 Å². The molecule has 0 N–H and O–H groups in total. The van der Waals surface area contributed by atoms with Gasteiger partial charge in [-0.05, 0) is 18.9 Å². The third kappa shape index (κ3) is 1.87. The molecular weight excluding hydrogens is 172 g/mol. The van der Waals surface area contributed by atoms with Crippen LogP contribution in [-0.4, -0.2) is 5.78 Å². The molecule has 0 amide bonds. The van der Waals surface area contributed by atoms with E-state index in [1.54, 1.807) is 0 Å². The van der Waals surface area contributed by atoms with E-state index in [1.807, 2.05) is 44.2 Å². The van der Waals surface area contributed by atoms with Crippen molar-refractivity contribution in [3.8, 4) is 0 Å². The molecule has 0 fully saturated rings. The van der Waals surface area contributed by atoms with Crippen LogP contribution in [0.4, 0.5) is 0 Å². The van der Waals surface area contributed by atoms with Crippen molar-refractivity contribution in [3.63, 3.8) is 0 Å². The van der Waals surface area contributed by atoms with Gasteiger partial charge in [0.25, 0.3) is 0 Å². The van der Waals surface area contributed by atoms with E-state index < -0.39 is 0 Å². The Morgan fingerprint density at radius 1 is 1.21 bits per heavy atom. The van der Waals surface area contributed by atoms with Crippen LogP contribution in [0.1, 0.15) is 39.2 Å². The van der Waals surface area contributed by atoms with Crippen LogP contribution in [0.2, 0.25) is 0 Å². The Morgan fingerprint density at radius 3 is 2.21 bits per heavy atom. The van der Waals surface area contributed by atoms with Crippen LogP contribution in [0.3, 0.4) is 0 Å². The van der Waals surface area contributed by atoms with Crippen molar-refractivity contribution in [2.75, 3.05) is 0 Å². The Morgan fingerprint density at radius 2 is 1.79 bits per heavy atom. The molecule has 0 spiro atoms. The molecule has 0 heterocycles. The predicted octanol–water partition coefficient (Wildman–Crippen LogP) is 3.33. The van der Waals surface area contributed by atoms with Gasteiger partial charge >= 0.3 is 0 Å². The van der Waals surface area contributed by atoms with Gasteiger partial charge < -0.3 is 0 Å². The van der Waals surface area contributed by atoms with Gasteiger partial charge in [0.15, 0.2) is 0 Å². The van der Waals surface area contributed by atoms with Gasteiger partial charge in [-0.1, -0.05) is 44.2 Å². The Labute approximate surface area is 86.1 Å². The zero-order chi connectivity index (χ0) is 10.6. The molecule has 0 aliphatic heterocycles. The van der Waals surface area contributed by atoms with Gasteiger partial charge in [-0.25, -0.2) is 0 Å². The summed E-state index contributed by atoms with van der Waals surface area (Å²) in [6.07, 6.45) is 1.48. The largest absolute Gasteiger partial charge is 0.299 e. The summed E-state index contributed by atoms with van der Waals surface area (Å²) < 4.78 is 0. The van der Waals surface area contributed by atoms with Crippen LogP contribution in [0.5, 0.6) is 0 Å². The fraction of sp³-hybridized carbons (Fsp3) is 0.462. The zero-order valence-electron chi connectivity index (χ0n) is 9.21. The average Bonchev–Trinajstić information content (AvgIpc) is 2.28. The fourth-order valence-electron chi connectivity index (χ4n) is 1.76. The molecule has 1 aromatic carbocycles. The molecule has 0 aliphatic rings. The second kappa shape index (κ2) is 4.41. The lowest BCUT2D eigenvalue weighted by molar-refractivity contribution is -0.123. The van der Waals surface area contributed by atoms with Crippen LogP contribution in [0, 0.1) is 0 Å². The summed E-state index contributed by atoms with van der Waals surface area (Å²) in [7, 11) is 0. The highest BCUT2D eigenvalue weighted by atomic mass is 16.1. The Kier molecular flexibility index (Phi) is 3.45. The maximum absolute atomic E-state index is 11.9. The number of ketones is 1. The molecule has 0 radical (unpaired) electrons. The first-order valence-corrected chi connectivity index (χ1v) is 5.24. The summed E-state index contributed by atoms with van der Waals surface area (Å²) in [4.78, 5) is 11.9. The van der Waals surface area contributed by atoms with Crippen molar-refractivity contribution in [1.29, 1.82) is 0 Å². The maximum atomic E-state index is 11.9. The highest BCUT2D eigenvalue weighted by molar-refractivity contribution is 5.89. The van der Waals surface area contributed by atoms with E-state index in [0.29, 0.717) is 12.2 Å². The van der Waals surface area contributed by atoms with Crippen LogP contribution in [-0.2, 0) is 10.2 Å². The van der Waals surface area contributed by atoms with Crippen LogP contribution >= 0.6 is 0 Å². The highest BCUT2D eigenvalue weighted by Gasteiger charge is 2.31. The first-order valence-electron chi connectivity index (χ1n) is 5.24. The molecular formula is C13H18O. The molecule has 1 nitrogen and oxygen atoms in total. The Balaban J connectivity index is 3.08. The molecule has 1 atom stereocenters.